The fourth-order valence-corrected chi connectivity index (χ4v) is 2.01. The van der Waals surface area contributed by atoms with Gasteiger partial charge in [-0.25, -0.2) is 0 Å². The maximum absolute atomic E-state index is 5.71. The van der Waals surface area contributed by atoms with Crippen molar-refractivity contribution in [3.05, 3.63) is 11.6 Å². The van der Waals surface area contributed by atoms with Crippen molar-refractivity contribution < 1.29 is 0 Å². The van der Waals surface area contributed by atoms with Gasteiger partial charge in [-0.05, 0) is 38.9 Å². The van der Waals surface area contributed by atoms with Crippen molar-refractivity contribution in [2.24, 2.45) is 0 Å². The van der Waals surface area contributed by atoms with Gasteiger partial charge < -0.3 is 10.2 Å². The SMILES string of the molecule is C=C(Cl)CNC1CCN(CCC)CC1. The van der Waals surface area contributed by atoms with E-state index < -0.39 is 0 Å². The maximum atomic E-state index is 5.71. The zero-order valence-electron chi connectivity index (χ0n) is 9.06. The van der Waals surface area contributed by atoms with Crippen LogP contribution in [0.5, 0.6) is 0 Å². The maximum Gasteiger partial charge on any atom is 0.0310 e. The van der Waals surface area contributed by atoms with Gasteiger partial charge >= 0.3 is 0 Å². The smallest absolute Gasteiger partial charge is 0.0310 e. The summed E-state index contributed by atoms with van der Waals surface area (Å²) in [6.45, 7) is 10.4. The van der Waals surface area contributed by atoms with Gasteiger partial charge in [0.1, 0.15) is 0 Å². The molecule has 1 aliphatic rings. The second-order valence-electron chi connectivity index (χ2n) is 4.01. The third-order valence-electron chi connectivity index (χ3n) is 2.71. The van der Waals surface area contributed by atoms with Crippen LogP contribution in [0.3, 0.4) is 0 Å². The molecule has 82 valence electrons. The molecule has 1 saturated heterocycles. The zero-order chi connectivity index (χ0) is 10.4. The molecule has 1 N–H and O–H groups in total. The summed E-state index contributed by atoms with van der Waals surface area (Å²) in [5, 5.41) is 4.13. The van der Waals surface area contributed by atoms with Crippen LogP contribution in [0.4, 0.5) is 0 Å². The predicted molar refractivity (Wildman–Crippen MR) is 62.7 cm³/mol. The third kappa shape index (κ3) is 4.45. The van der Waals surface area contributed by atoms with E-state index in [9.17, 15) is 0 Å². The molecule has 2 nitrogen and oxygen atoms in total. The van der Waals surface area contributed by atoms with Gasteiger partial charge in [0.05, 0.1) is 0 Å². The van der Waals surface area contributed by atoms with Gasteiger partial charge in [-0.1, -0.05) is 25.1 Å². The van der Waals surface area contributed by atoms with Gasteiger partial charge in [-0.3, -0.25) is 0 Å². The van der Waals surface area contributed by atoms with E-state index in [-0.39, 0.29) is 0 Å². The Morgan fingerprint density at radius 2 is 2.14 bits per heavy atom. The highest BCUT2D eigenvalue weighted by Gasteiger charge is 2.17. The minimum atomic E-state index is 0.638. The van der Waals surface area contributed by atoms with Crippen molar-refractivity contribution in [3.63, 3.8) is 0 Å². The first kappa shape index (κ1) is 12.0. The summed E-state index contributed by atoms with van der Waals surface area (Å²) in [6, 6.07) is 0.638. The topological polar surface area (TPSA) is 15.3 Å². The minimum Gasteiger partial charge on any atom is -0.309 e. The van der Waals surface area contributed by atoms with Crippen molar-refractivity contribution in [2.75, 3.05) is 26.2 Å². The molecule has 3 heteroatoms. The molecule has 0 aromatic heterocycles. The van der Waals surface area contributed by atoms with Gasteiger partial charge in [0.15, 0.2) is 0 Å². The van der Waals surface area contributed by atoms with Gasteiger partial charge in [-0.15, -0.1) is 0 Å². The Hall–Kier alpha value is -0.0500. The summed E-state index contributed by atoms with van der Waals surface area (Å²) in [6.07, 6.45) is 3.74. The van der Waals surface area contributed by atoms with Gasteiger partial charge in [0.2, 0.25) is 0 Å². The van der Waals surface area contributed by atoms with Gasteiger partial charge in [0, 0.05) is 17.6 Å². The first-order valence-corrected chi connectivity index (χ1v) is 5.89. The Bertz CT molecular complexity index is 174. The molecule has 0 atom stereocenters. The van der Waals surface area contributed by atoms with E-state index in [4.69, 9.17) is 11.6 Å². The van der Waals surface area contributed by atoms with E-state index in [2.05, 4.69) is 23.7 Å². The van der Waals surface area contributed by atoms with Crippen molar-refractivity contribution in [1.29, 1.82) is 0 Å². The molecule has 1 rings (SSSR count). The lowest BCUT2D eigenvalue weighted by molar-refractivity contribution is 0.200. The minimum absolute atomic E-state index is 0.638. The molecule has 0 spiro atoms. The number of nitrogens with one attached hydrogen (secondary N) is 1. The first-order chi connectivity index (χ1) is 6.72. The van der Waals surface area contributed by atoms with Crippen LogP contribution in [0.1, 0.15) is 26.2 Å². The Labute approximate surface area is 92.3 Å². The number of halogens is 1. The van der Waals surface area contributed by atoms with Crippen LogP contribution in [0, 0.1) is 0 Å². The van der Waals surface area contributed by atoms with Gasteiger partial charge in [-0.2, -0.15) is 0 Å². The van der Waals surface area contributed by atoms with Crippen LogP contribution in [-0.4, -0.2) is 37.1 Å². The van der Waals surface area contributed by atoms with Crippen molar-refractivity contribution in [1.82, 2.24) is 10.2 Å². The van der Waals surface area contributed by atoms with E-state index in [0.29, 0.717) is 11.1 Å². The number of rotatable bonds is 5. The van der Waals surface area contributed by atoms with E-state index in [1.807, 2.05) is 0 Å². The fourth-order valence-electron chi connectivity index (χ4n) is 1.93. The molecule has 14 heavy (non-hydrogen) atoms. The summed E-state index contributed by atoms with van der Waals surface area (Å²) >= 11 is 5.71. The molecule has 0 radical (unpaired) electrons. The third-order valence-corrected chi connectivity index (χ3v) is 2.84. The molecule has 0 unspecified atom stereocenters. The van der Waals surface area contributed by atoms with Crippen molar-refractivity contribution in [3.8, 4) is 0 Å². The van der Waals surface area contributed by atoms with Crippen molar-refractivity contribution >= 4 is 11.6 Å². The zero-order valence-corrected chi connectivity index (χ0v) is 9.82. The molecular formula is C11H21ClN2. The lowest BCUT2D eigenvalue weighted by atomic mass is 10.1. The Kier molecular flexibility index (Phi) is 5.53. The highest BCUT2D eigenvalue weighted by molar-refractivity contribution is 6.29. The molecule has 0 aromatic carbocycles. The molecule has 0 aromatic rings. The number of nitrogens with zero attached hydrogens (tertiary/aromatic N) is 1. The van der Waals surface area contributed by atoms with Crippen LogP contribution in [0.25, 0.3) is 0 Å². The largest absolute Gasteiger partial charge is 0.309 e. The Balaban J connectivity index is 2.12. The molecule has 1 aliphatic heterocycles. The highest BCUT2D eigenvalue weighted by Crippen LogP contribution is 2.10. The van der Waals surface area contributed by atoms with Crippen LogP contribution in [0.15, 0.2) is 11.6 Å². The average molecular weight is 217 g/mol. The summed E-state index contributed by atoms with van der Waals surface area (Å²) in [4.78, 5) is 2.54. The predicted octanol–water partition coefficient (Wildman–Crippen LogP) is 2.20. The van der Waals surface area contributed by atoms with Crippen LogP contribution in [-0.2, 0) is 0 Å². The summed E-state index contributed by atoms with van der Waals surface area (Å²) in [7, 11) is 0. The summed E-state index contributed by atoms with van der Waals surface area (Å²) in [5.41, 5.74) is 0. The second kappa shape index (κ2) is 6.44. The molecule has 0 saturated carbocycles. The van der Waals surface area contributed by atoms with Gasteiger partial charge in [0.25, 0.3) is 0 Å². The lowest BCUT2D eigenvalue weighted by Crippen LogP contribution is -2.42. The molecule has 1 fully saturated rings. The standard InChI is InChI=1S/C11H21ClN2/c1-3-6-14-7-4-11(5-8-14)13-9-10(2)12/h11,13H,2-9H2,1H3. The molecule has 0 aliphatic carbocycles. The fraction of sp³-hybridized carbons (Fsp3) is 0.818. The highest BCUT2D eigenvalue weighted by atomic mass is 35.5. The monoisotopic (exact) mass is 216 g/mol. The Morgan fingerprint density at radius 3 is 2.64 bits per heavy atom. The number of likely N-dealkylation sites (tertiary alicyclic amines) is 1. The first-order valence-electron chi connectivity index (χ1n) is 5.51. The number of hydrogen-bond acceptors (Lipinski definition) is 2. The lowest BCUT2D eigenvalue weighted by Gasteiger charge is -2.32. The number of hydrogen-bond donors (Lipinski definition) is 1. The molecule has 1 heterocycles. The van der Waals surface area contributed by atoms with E-state index in [1.165, 1.54) is 38.9 Å². The molecule has 0 amide bonds. The molecular weight excluding hydrogens is 196 g/mol. The van der Waals surface area contributed by atoms with Crippen LogP contribution < -0.4 is 5.32 Å². The quantitative estimate of drug-likeness (QED) is 0.758. The summed E-state index contributed by atoms with van der Waals surface area (Å²) < 4.78 is 0. The number of piperidine rings is 1. The normalized spacial score (nSPS) is 19.9. The van der Waals surface area contributed by atoms with E-state index in [1.54, 1.807) is 0 Å². The van der Waals surface area contributed by atoms with E-state index >= 15 is 0 Å². The second-order valence-corrected chi connectivity index (χ2v) is 4.55. The summed E-state index contributed by atoms with van der Waals surface area (Å²) in [5.74, 6) is 0. The van der Waals surface area contributed by atoms with Crippen LogP contribution >= 0.6 is 11.6 Å². The Morgan fingerprint density at radius 1 is 1.50 bits per heavy atom. The van der Waals surface area contributed by atoms with E-state index in [0.717, 1.165) is 6.54 Å². The average Bonchev–Trinajstić information content (AvgIpc) is 2.17. The van der Waals surface area contributed by atoms with Crippen molar-refractivity contribution in [2.45, 2.75) is 32.2 Å². The van der Waals surface area contributed by atoms with Crippen LogP contribution in [0.2, 0.25) is 0 Å². The molecule has 0 bridgehead atoms.